The molecule has 0 bridgehead atoms. The van der Waals surface area contributed by atoms with Crippen molar-refractivity contribution in [3.8, 4) is 0 Å². The molecule has 7 nitrogen and oxygen atoms in total. The number of aryl methyl sites for hydroxylation is 2. The summed E-state index contributed by atoms with van der Waals surface area (Å²) in [6.45, 7) is 7.67. The Bertz CT molecular complexity index is 1460. The van der Waals surface area contributed by atoms with E-state index in [2.05, 4.69) is 5.32 Å². The van der Waals surface area contributed by atoms with Crippen molar-refractivity contribution in [1.29, 1.82) is 0 Å². The van der Waals surface area contributed by atoms with Gasteiger partial charge in [-0.3, -0.25) is 13.9 Å². The minimum Gasteiger partial charge on any atom is -0.352 e. The summed E-state index contributed by atoms with van der Waals surface area (Å²) in [5.74, 6) is -0.599. The lowest BCUT2D eigenvalue weighted by atomic mass is 10.0. The van der Waals surface area contributed by atoms with Gasteiger partial charge in [0, 0.05) is 47.6 Å². The average Bonchev–Trinajstić information content (AvgIpc) is 2.88. The molecule has 0 spiro atoms. The second kappa shape index (κ2) is 14.9. The summed E-state index contributed by atoms with van der Waals surface area (Å²) in [7, 11) is -3.60. The van der Waals surface area contributed by atoms with Crippen molar-refractivity contribution in [2.24, 2.45) is 0 Å². The standard InChI is InChI=1S/C32H39Cl2N3O4S/c1-22(2)35-32(39)30(20-25-11-7-6-8-12-25)36(21-27-28(33)13-9-14-29(27)34)31(38)15-10-16-37(42(5,40)41)26-18-23(3)17-24(4)19-26/h6-9,11-14,17-19,22,30H,10,15-16,20-21H2,1-5H3,(H,35,39)/t30-/m0/s1. The van der Waals surface area contributed by atoms with Crippen LogP contribution in [-0.4, -0.2) is 50.0 Å². The highest BCUT2D eigenvalue weighted by atomic mass is 35.5. The van der Waals surface area contributed by atoms with Crippen molar-refractivity contribution in [1.82, 2.24) is 10.2 Å². The summed E-state index contributed by atoms with van der Waals surface area (Å²) >= 11 is 13.0. The maximum atomic E-state index is 14.0. The molecule has 226 valence electrons. The fourth-order valence-corrected chi connectivity index (χ4v) is 6.35. The molecular formula is C32H39Cl2N3O4S. The van der Waals surface area contributed by atoms with Crippen molar-refractivity contribution < 1.29 is 18.0 Å². The summed E-state index contributed by atoms with van der Waals surface area (Å²) in [6, 6.07) is 19.2. The number of carbonyl (C=O) groups is 2. The molecule has 0 saturated carbocycles. The van der Waals surface area contributed by atoms with Crippen molar-refractivity contribution >= 4 is 50.7 Å². The number of hydrogen-bond acceptors (Lipinski definition) is 4. The Kier molecular flexibility index (Phi) is 11.9. The number of hydrogen-bond donors (Lipinski definition) is 1. The van der Waals surface area contributed by atoms with Crippen LogP contribution in [-0.2, 0) is 32.6 Å². The molecule has 0 saturated heterocycles. The van der Waals surface area contributed by atoms with E-state index in [9.17, 15) is 18.0 Å². The SMILES string of the molecule is Cc1cc(C)cc(N(CCCC(=O)N(Cc2c(Cl)cccc2Cl)[C@@H](Cc2ccccc2)C(=O)NC(C)C)S(C)(=O)=O)c1. The van der Waals surface area contributed by atoms with Gasteiger partial charge in [0.1, 0.15) is 6.04 Å². The van der Waals surface area contributed by atoms with Crippen LogP contribution < -0.4 is 9.62 Å². The summed E-state index contributed by atoms with van der Waals surface area (Å²) in [6.07, 6.45) is 1.70. The fourth-order valence-electron chi connectivity index (χ4n) is 4.89. The Morgan fingerprint density at radius 3 is 2.05 bits per heavy atom. The Labute approximate surface area is 259 Å². The van der Waals surface area contributed by atoms with E-state index in [0.717, 1.165) is 22.9 Å². The zero-order valence-electron chi connectivity index (χ0n) is 24.7. The van der Waals surface area contributed by atoms with Gasteiger partial charge < -0.3 is 10.2 Å². The van der Waals surface area contributed by atoms with Gasteiger partial charge in [-0.2, -0.15) is 0 Å². The van der Waals surface area contributed by atoms with Gasteiger partial charge in [0.05, 0.1) is 11.9 Å². The minimum absolute atomic E-state index is 0.0130. The number of sulfonamides is 1. The lowest BCUT2D eigenvalue weighted by Gasteiger charge is -2.33. The molecular weight excluding hydrogens is 593 g/mol. The molecule has 2 amide bonds. The van der Waals surface area contributed by atoms with Crippen LogP contribution in [0.15, 0.2) is 66.7 Å². The first-order chi connectivity index (χ1) is 19.8. The maximum absolute atomic E-state index is 14.0. The highest BCUT2D eigenvalue weighted by Crippen LogP contribution is 2.28. The molecule has 0 aromatic heterocycles. The van der Waals surface area contributed by atoms with Gasteiger partial charge in [0.15, 0.2) is 0 Å². The quantitative estimate of drug-likeness (QED) is 0.239. The van der Waals surface area contributed by atoms with E-state index in [4.69, 9.17) is 23.2 Å². The van der Waals surface area contributed by atoms with Gasteiger partial charge in [-0.05, 0) is 75.1 Å². The largest absolute Gasteiger partial charge is 0.352 e. The first-order valence-corrected chi connectivity index (χ1v) is 16.5. The topological polar surface area (TPSA) is 86.8 Å². The third kappa shape index (κ3) is 9.48. The summed E-state index contributed by atoms with van der Waals surface area (Å²) in [4.78, 5) is 29.0. The summed E-state index contributed by atoms with van der Waals surface area (Å²) in [5, 5.41) is 3.73. The van der Waals surface area contributed by atoms with Crippen LogP contribution in [0.4, 0.5) is 5.69 Å². The third-order valence-electron chi connectivity index (χ3n) is 6.74. The zero-order chi connectivity index (χ0) is 31.0. The first-order valence-electron chi connectivity index (χ1n) is 13.9. The predicted molar refractivity (Wildman–Crippen MR) is 172 cm³/mol. The van der Waals surface area contributed by atoms with Gasteiger partial charge in [-0.15, -0.1) is 0 Å². The van der Waals surface area contributed by atoms with E-state index >= 15 is 0 Å². The molecule has 3 aromatic rings. The third-order valence-corrected chi connectivity index (χ3v) is 8.64. The van der Waals surface area contributed by atoms with Crippen LogP contribution in [0.2, 0.25) is 10.0 Å². The number of nitrogens with one attached hydrogen (secondary N) is 1. The van der Waals surface area contributed by atoms with E-state index in [1.54, 1.807) is 18.2 Å². The van der Waals surface area contributed by atoms with Crippen LogP contribution in [0.3, 0.4) is 0 Å². The zero-order valence-corrected chi connectivity index (χ0v) is 27.1. The number of amides is 2. The molecule has 10 heteroatoms. The summed E-state index contributed by atoms with van der Waals surface area (Å²) < 4.78 is 26.8. The molecule has 0 unspecified atom stereocenters. The first kappa shape index (κ1) is 33.4. The fraction of sp³-hybridized carbons (Fsp3) is 0.375. The molecule has 0 radical (unpaired) electrons. The van der Waals surface area contributed by atoms with Gasteiger partial charge in [-0.25, -0.2) is 8.42 Å². The molecule has 0 aliphatic carbocycles. The van der Waals surface area contributed by atoms with Gasteiger partial charge >= 0.3 is 0 Å². The number of rotatable bonds is 13. The Hall–Kier alpha value is -3.07. The maximum Gasteiger partial charge on any atom is 0.243 e. The Morgan fingerprint density at radius 2 is 1.50 bits per heavy atom. The molecule has 0 heterocycles. The van der Waals surface area contributed by atoms with E-state index in [-0.39, 0.29) is 50.2 Å². The highest BCUT2D eigenvalue weighted by molar-refractivity contribution is 7.92. The molecule has 0 aliphatic heterocycles. The van der Waals surface area contributed by atoms with Crippen LogP contribution in [0.5, 0.6) is 0 Å². The van der Waals surface area contributed by atoms with E-state index in [1.165, 1.54) is 9.21 Å². The van der Waals surface area contributed by atoms with E-state index in [0.29, 0.717) is 21.3 Å². The van der Waals surface area contributed by atoms with Gasteiger partial charge in [-0.1, -0.05) is 65.7 Å². The minimum atomic E-state index is -3.60. The second-order valence-electron chi connectivity index (χ2n) is 10.9. The van der Waals surface area contributed by atoms with Crippen LogP contribution in [0.25, 0.3) is 0 Å². The van der Waals surface area contributed by atoms with Crippen LogP contribution in [0.1, 0.15) is 48.9 Å². The number of anilines is 1. The van der Waals surface area contributed by atoms with Crippen molar-refractivity contribution in [3.63, 3.8) is 0 Å². The monoisotopic (exact) mass is 631 g/mol. The van der Waals surface area contributed by atoms with Gasteiger partial charge in [0.2, 0.25) is 21.8 Å². The molecule has 0 fully saturated rings. The lowest BCUT2D eigenvalue weighted by Crippen LogP contribution is -2.52. The molecule has 3 aromatic carbocycles. The smallest absolute Gasteiger partial charge is 0.243 e. The molecule has 3 rings (SSSR count). The van der Waals surface area contributed by atoms with Crippen LogP contribution in [0, 0.1) is 13.8 Å². The van der Waals surface area contributed by atoms with Crippen molar-refractivity contribution in [2.45, 2.75) is 65.6 Å². The number of carbonyl (C=O) groups excluding carboxylic acids is 2. The number of halogens is 2. The lowest BCUT2D eigenvalue weighted by molar-refractivity contribution is -0.141. The normalized spacial score (nSPS) is 12.2. The summed E-state index contributed by atoms with van der Waals surface area (Å²) in [5.41, 5.74) is 3.87. The van der Waals surface area contributed by atoms with Gasteiger partial charge in [0.25, 0.3) is 0 Å². The average molecular weight is 633 g/mol. The number of nitrogens with zero attached hydrogens (tertiary/aromatic N) is 2. The van der Waals surface area contributed by atoms with Crippen molar-refractivity contribution in [2.75, 3.05) is 17.1 Å². The Morgan fingerprint density at radius 1 is 0.905 bits per heavy atom. The van der Waals surface area contributed by atoms with Crippen molar-refractivity contribution in [3.05, 3.63) is 99.0 Å². The second-order valence-corrected chi connectivity index (χ2v) is 13.6. The molecule has 42 heavy (non-hydrogen) atoms. The van der Waals surface area contributed by atoms with Crippen LogP contribution >= 0.6 is 23.2 Å². The van der Waals surface area contributed by atoms with E-state index < -0.39 is 16.1 Å². The molecule has 1 N–H and O–H groups in total. The van der Waals surface area contributed by atoms with E-state index in [1.807, 2.05) is 76.2 Å². The molecule has 1 atom stereocenters. The number of benzene rings is 3. The Balaban J connectivity index is 1.94. The molecule has 0 aliphatic rings. The highest BCUT2D eigenvalue weighted by Gasteiger charge is 2.31. The predicted octanol–water partition coefficient (Wildman–Crippen LogP) is 6.32.